The fourth-order valence-electron chi connectivity index (χ4n) is 2.04. The van der Waals surface area contributed by atoms with Gasteiger partial charge in [-0.25, -0.2) is 8.42 Å². The molecule has 1 amide bonds. The van der Waals surface area contributed by atoms with Crippen molar-refractivity contribution in [2.75, 3.05) is 19.1 Å². The number of amidine groups is 1. The van der Waals surface area contributed by atoms with Crippen LogP contribution in [-0.2, 0) is 14.8 Å². The zero-order valence-electron chi connectivity index (χ0n) is 11.8. The Labute approximate surface area is 128 Å². The van der Waals surface area contributed by atoms with Crippen molar-refractivity contribution in [3.63, 3.8) is 0 Å². The maximum absolute atomic E-state index is 12.0. The number of aliphatic imine (C=N–C) groups is 1. The zero-order chi connectivity index (χ0) is 15.5. The minimum Gasteiger partial charge on any atom is -0.357 e. The molecule has 2 rings (SSSR count). The Kier molecular flexibility index (Phi) is 4.89. The van der Waals surface area contributed by atoms with Gasteiger partial charge >= 0.3 is 0 Å². The summed E-state index contributed by atoms with van der Waals surface area (Å²) in [4.78, 5) is 16.4. The van der Waals surface area contributed by atoms with Crippen molar-refractivity contribution in [3.05, 3.63) is 29.8 Å². The van der Waals surface area contributed by atoms with Crippen LogP contribution in [0, 0.1) is 0 Å². The summed E-state index contributed by atoms with van der Waals surface area (Å²) < 4.78 is 26.4. The molecule has 114 valence electrons. The standard InChI is InChI=1S/C13H17N3O3S2/c1-14-13(17)10(7-8-20-2)15-12-9-5-3-4-6-11(9)21(18,19)16-12/h3-6,10H,7-8H2,1-2H3,(H,14,17)(H,15,16). The van der Waals surface area contributed by atoms with E-state index in [1.807, 2.05) is 6.26 Å². The Balaban J connectivity index is 2.38. The minimum atomic E-state index is -3.57. The third-order valence-electron chi connectivity index (χ3n) is 3.09. The van der Waals surface area contributed by atoms with E-state index < -0.39 is 16.1 Å². The van der Waals surface area contributed by atoms with Gasteiger partial charge in [0.1, 0.15) is 11.9 Å². The Bertz CT molecular complexity index is 671. The van der Waals surface area contributed by atoms with E-state index in [-0.39, 0.29) is 16.6 Å². The first kappa shape index (κ1) is 15.8. The van der Waals surface area contributed by atoms with Crippen LogP contribution in [0.3, 0.4) is 0 Å². The third-order valence-corrected chi connectivity index (χ3v) is 5.13. The summed E-state index contributed by atoms with van der Waals surface area (Å²) in [5, 5.41) is 2.56. The number of amides is 1. The average molecular weight is 327 g/mol. The highest BCUT2D eigenvalue weighted by Crippen LogP contribution is 2.23. The van der Waals surface area contributed by atoms with Gasteiger partial charge in [0.05, 0.1) is 4.90 Å². The summed E-state index contributed by atoms with van der Waals surface area (Å²) in [5.74, 6) is 0.781. The second kappa shape index (κ2) is 6.48. The Hall–Kier alpha value is -1.54. The highest BCUT2D eigenvalue weighted by atomic mass is 32.2. The molecule has 1 aliphatic heterocycles. The van der Waals surface area contributed by atoms with E-state index in [1.165, 1.54) is 6.07 Å². The predicted octanol–water partition coefficient (Wildman–Crippen LogP) is 0.593. The number of nitrogens with one attached hydrogen (secondary N) is 2. The van der Waals surface area contributed by atoms with E-state index >= 15 is 0 Å². The van der Waals surface area contributed by atoms with Gasteiger partial charge in [0, 0.05) is 12.6 Å². The van der Waals surface area contributed by atoms with Crippen LogP contribution in [0.2, 0.25) is 0 Å². The van der Waals surface area contributed by atoms with Gasteiger partial charge in [-0.15, -0.1) is 0 Å². The molecular formula is C13H17N3O3S2. The van der Waals surface area contributed by atoms with Crippen molar-refractivity contribution in [1.29, 1.82) is 0 Å². The fourth-order valence-corrected chi connectivity index (χ4v) is 3.73. The number of benzene rings is 1. The summed E-state index contributed by atoms with van der Waals surface area (Å²) in [5.41, 5.74) is 0.510. The van der Waals surface area contributed by atoms with Crippen LogP contribution >= 0.6 is 11.8 Å². The summed E-state index contributed by atoms with van der Waals surface area (Å²) in [6, 6.07) is 6.00. The summed E-state index contributed by atoms with van der Waals surface area (Å²) in [6.45, 7) is 0. The molecule has 1 atom stereocenters. The first-order valence-corrected chi connectivity index (χ1v) is 9.28. The smallest absolute Gasteiger partial charge is 0.263 e. The molecule has 0 spiro atoms. The van der Waals surface area contributed by atoms with E-state index in [4.69, 9.17) is 0 Å². The number of sulfonamides is 1. The van der Waals surface area contributed by atoms with Crippen LogP contribution in [-0.4, -0.2) is 45.3 Å². The van der Waals surface area contributed by atoms with Crippen molar-refractivity contribution in [3.8, 4) is 0 Å². The monoisotopic (exact) mass is 327 g/mol. The number of hydrogen-bond acceptors (Lipinski definition) is 5. The molecular weight excluding hydrogens is 310 g/mol. The number of fused-ring (bicyclic) bond motifs is 1. The number of likely N-dealkylation sites (N-methyl/N-ethyl adjacent to an activating group) is 1. The van der Waals surface area contributed by atoms with Gasteiger partial charge in [0.2, 0.25) is 5.91 Å². The minimum absolute atomic E-state index is 0.198. The molecule has 2 N–H and O–H groups in total. The molecule has 0 radical (unpaired) electrons. The van der Waals surface area contributed by atoms with E-state index in [1.54, 1.807) is 37.0 Å². The SMILES string of the molecule is CNC(=O)C(CCSC)N=C1NS(=O)(=O)c2ccccc21. The Morgan fingerprint density at radius 3 is 2.81 bits per heavy atom. The van der Waals surface area contributed by atoms with E-state index in [9.17, 15) is 13.2 Å². The van der Waals surface area contributed by atoms with Gasteiger partial charge < -0.3 is 5.32 Å². The van der Waals surface area contributed by atoms with Crippen molar-refractivity contribution in [2.24, 2.45) is 4.99 Å². The lowest BCUT2D eigenvalue weighted by Gasteiger charge is -2.11. The number of hydrogen-bond donors (Lipinski definition) is 2. The van der Waals surface area contributed by atoms with Crippen molar-refractivity contribution < 1.29 is 13.2 Å². The van der Waals surface area contributed by atoms with Crippen molar-refractivity contribution >= 4 is 33.5 Å². The average Bonchev–Trinajstić information content (AvgIpc) is 2.74. The highest BCUT2D eigenvalue weighted by molar-refractivity contribution is 7.98. The van der Waals surface area contributed by atoms with Gasteiger partial charge in [0.15, 0.2) is 0 Å². The van der Waals surface area contributed by atoms with Crippen LogP contribution < -0.4 is 10.0 Å². The zero-order valence-corrected chi connectivity index (χ0v) is 13.4. The Morgan fingerprint density at radius 2 is 2.14 bits per heavy atom. The molecule has 1 heterocycles. The van der Waals surface area contributed by atoms with E-state index in [2.05, 4.69) is 15.0 Å². The summed E-state index contributed by atoms with van der Waals surface area (Å²) >= 11 is 1.61. The maximum Gasteiger partial charge on any atom is 0.263 e. The second-order valence-corrected chi connectivity index (χ2v) is 7.13. The molecule has 1 aromatic rings. The van der Waals surface area contributed by atoms with Crippen LogP contribution in [0.15, 0.2) is 34.2 Å². The first-order valence-electron chi connectivity index (χ1n) is 6.40. The predicted molar refractivity (Wildman–Crippen MR) is 84.2 cm³/mol. The van der Waals surface area contributed by atoms with Crippen LogP contribution in [0.25, 0.3) is 0 Å². The molecule has 0 aliphatic carbocycles. The van der Waals surface area contributed by atoms with Crippen molar-refractivity contribution in [2.45, 2.75) is 17.4 Å². The maximum atomic E-state index is 12.0. The largest absolute Gasteiger partial charge is 0.357 e. The topological polar surface area (TPSA) is 87.6 Å². The molecule has 0 saturated heterocycles. The molecule has 21 heavy (non-hydrogen) atoms. The van der Waals surface area contributed by atoms with Gasteiger partial charge in [0.25, 0.3) is 10.0 Å². The van der Waals surface area contributed by atoms with Gasteiger partial charge in [-0.3, -0.25) is 14.5 Å². The third kappa shape index (κ3) is 3.38. The molecule has 1 aliphatic rings. The highest BCUT2D eigenvalue weighted by Gasteiger charge is 2.31. The van der Waals surface area contributed by atoms with E-state index in [0.29, 0.717) is 12.0 Å². The number of nitrogens with zero attached hydrogens (tertiary/aromatic N) is 1. The lowest BCUT2D eigenvalue weighted by molar-refractivity contribution is -0.121. The van der Waals surface area contributed by atoms with Gasteiger partial charge in [-0.2, -0.15) is 11.8 Å². The van der Waals surface area contributed by atoms with Gasteiger partial charge in [-0.1, -0.05) is 12.1 Å². The molecule has 0 aromatic heterocycles. The molecule has 0 saturated carbocycles. The molecule has 1 aromatic carbocycles. The number of thioether (sulfide) groups is 1. The van der Waals surface area contributed by atoms with Crippen LogP contribution in [0.5, 0.6) is 0 Å². The molecule has 0 bridgehead atoms. The number of carbonyl (C=O) groups is 1. The molecule has 0 fully saturated rings. The fraction of sp³-hybridized carbons (Fsp3) is 0.385. The Morgan fingerprint density at radius 1 is 1.43 bits per heavy atom. The van der Waals surface area contributed by atoms with Gasteiger partial charge in [-0.05, 0) is 30.6 Å². The summed E-state index contributed by atoms with van der Waals surface area (Å²) in [6.07, 6.45) is 2.50. The lowest BCUT2D eigenvalue weighted by Crippen LogP contribution is -2.33. The molecule has 6 nitrogen and oxygen atoms in total. The molecule has 1 unspecified atom stereocenters. The normalized spacial score (nSPS) is 18.9. The second-order valence-electron chi connectivity index (χ2n) is 4.49. The summed E-state index contributed by atoms with van der Waals surface area (Å²) in [7, 11) is -2.03. The first-order chi connectivity index (χ1) is 9.99. The van der Waals surface area contributed by atoms with E-state index in [0.717, 1.165) is 5.75 Å². The van der Waals surface area contributed by atoms with Crippen LogP contribution in [0.1, 0.15) is 12.0 Å². The quantitative estimate of drug-likeness (QED) is 0.829. The number of rotatable bonds is 5. The molecule has 8 heteroatoms. The van der Waals surface area contributed by atoms with Crippen LogP contribution in [0.4, 0.5) is 0 Å². The lowest BCUT2D eigenvalue weighted by atomic mass is 10.2. The number of carbonyl (C=O) groups excluding carboxylic acids is 1. The van der Waals surface area contributed by atoms with Crippen molar-refractivity contribution in [1.82, 2.24) is 10.0 Å².